The number of hydrogen-bond donors (Lipinski definition) is 2. The van der Waals surface area contributed by atoms with E-state index in [1.54, 1.807) is 0 Å². The maximum absolute atomic E-state index is 12.0. The Bertz CT molecular complexity index is 433. The molecule has 0 spiro atoms. The van der Waals surface area contributed by atoms with Gasteiger partial charge in [-0.3, -0.25) is 4.79 Å². The molecule has 5 heteroatoms. The third-order valence-corrected chi connectivity index (χ3v) is 4.53. The van der Waals surface area contributed by atoms with Gasteiger partial charge in [-0.05, 0) is 24.6 Å². The van der Waals surface area contributed by atoms with Crippen LogP contribution >= 0.6 is 27.7 Å². The summed E-state index contributed by atoms with van der Waals surface area (Å²) in [6.45, 7) is 3.00. The van der Waals surface area contributed by atoms with E-state index in [0.717, 1.165) is 33.8 Å². The zero-order chi connectivity index (χ0) is 13.0. The van der Waals surface area contributed by atoms with Crippen molar-refractivity contribution in [2.75, 3.05) is 23.4 Å². The van der Waals surface area contributed by atoms with Crippen molar-refractivity contribution in [3.63, 3.8) is 0 Å². The largest absolute Gasteiger partial charge is 0.326 e. The molecule has 18 heavy (non-hydrogen) atoms. The van der Waals surface area contributed by atoms with E-state index in [9.17, 15) is 4.79 Å². The lowest BCUT2D eigenvalue weighted by Crippen LogP contribution is -2.39. The Morgan fingerprint density at radius 2 is 2.44 bits per heavy atom. The van der Waals surface area contributed by atoms with Crippen LogP contribution in [0.25, 0.3) is 0 Å². The molecule has 3 nitrogen and oxygen atoms in total. The number of amides is 1. The van der Waals surface area contributed by atoms with E-state index in [2.05, 4.69) is 26.6 Å². The van der Waals surface area contributed by atoms with Gasteiger partial charge in [0, 0.05) is 40.7 Å². The molecule has 0 aromatic heterocycles. The summed E-state index contributed by atoms with van der Waals surface area (Å²) in [7, 11) is 0. The van der Waals surface area contributed by atoms with Crippen molar-refractivity contribution in [2.45, 2.75) is 19.4 Å². The lowest BCUT2D eigenvalue weighted by Gasteiger charge is -2.22. The van der Waals surface area contributed by atoms with Gasteiger partial charge >= 0.3 is 0 Å². The highest BCUT2D eigenvalue weighted by molar-refractivity contribution is 9.10. The highest BCUT2D eigenvalue weighted by atomic mass is 79.9. The van der Waals surface area contributed by atoms with Crippen LogP contribution in [-0.2, 0) is 4.79 Å². The molecule has 1 unspecified atom stereocenters. The zero-order valence-electron chi connectivity index (χ0n) is 10.3. The van der Waals surface area contributed by atoms with Crippen LogP contribution < -0.4 is 10.6 Å². The zero-order valence-corrected chi connectivity index (χ0v) is 12.7. The van der Waals surface area contributed by atoms with Crippen LogP contribution in [0, 0.1) is 6.92 Å². The monoisotopic (exact) mass is 328 g/mol. The van der Waals surface area contributed by atoms with E-state index in [-0.39, 0.29) is 5.91 Å². The van der Waals surface area contributed by atoms with Crippen molar-refractivity contribution in [3.8, 4) is 0 Å². The van der Waals surface area contributed by atoms with Crippen molar-refractivity contribution >= 4 is 39.3 Å². The third-order valence-electron chi connectivity index (χ3n) is 2.90. The minimum atomic E-state index is 0.0798. The van der Waals surface area contributed by atoms with Gasteiger partial charge in [0.15, 0.2) is 0 Å². The number of halogens is 1. The van der Waals surface area contributed by atoms with Crippen molar-refractivity contribution in [1.29, 1.82) is 0 Å². The lowest BCUT2D eigenvalue weighted by atomic mass is 10.1. The third kappa shape index (κ3) is 4.00. The first-order valence-electron chi connectivity index (χ1n) is 6.02. The summed E-state index contributed by atoms with van der Waals surface area (Å²) >= 11 is 5.32. The SMILES string of the molecule is Cc1ccc(Br)cc1NC(=O)CC1CSCCN1. The molecule has 0 saturated carbocycles. The normalized spacial score (nSPS) is 19.6. The van der Waals surface area contributed by atoms with Crippen LogP contribution in [-0.4, -0.2) is 30.0 Å². The summed E-state index contributed by atoms with van der Waals surface area (Å²) in [6, 6.07) is 6.21. The molecular formula is C13H17BrN2OS. The molecule has 2 N–H and O–H groups in total. The number of nitrogens with one attached hydrogen (secondary N) is 2. The Labute approximate surface area is 120 Å². The summed E-state index contributed by atoms with van der Waals surface area (Å²) < 4.78 is 0.981. The molecule has 1 amide bonds. The fraction of sp³-hybridized carbons (Fsp3) is 0.462. The van der Waals surface area contributed by atoms with Gasteiger partial charge in [0.25, 0.3) is 0 Å². The molecule has 1 fully saturated rings. The standard InChI is InChI=1S/C13H17BrN2OS/c1-9-2-3-10(14)6-12(9)16-13(17)7-11-8-18-5-4-15-11/h2-3,6,11,15H,4-5,7-8H2,1H3,(H,16,17). The predicted molar refractivity (Wildman–Crippen MR) is 81.2 cm³/mol. The first-order valence-corrected chi connectivity index (χ1v) is 7.97. The summed E-state index contributed by atoms with van der Waals surface area (Å²) in [5.74, 6) is 2.24. The quantitative estimate of drug-likeness (QED) is 0.896. The minimum absolute atomic E-state index is 0.0798. The Morgan fingerprint density at radius 3 is 3.17 bits per heavy atom. The van der Waals surface area contributed by atoms with Crippen LogP contribution in [0.4, 0.5) is 5.69 Å². The molecule has 2 rings (SSSR count). The van der Waals surface area contributed by atoms with Gasteiger partial charge < -0.3 is 10.6 Å². The Kier molecular flexibility index (Phi) is 5.09. The molecule has 98 valence electrons. The van der Waals surface area contributed by atoms with Crippen LogP contribution in [0.1, 0.15) is 12.0 Å². The molecule has 0 aliphatic carbocycles. The van der Waals surface area contributed by atoms with E-state index in [0.29, 0.717) is 12.5 Å². The van der Waals surface area contributed by atoms with E-state index in [4.69, 9.17) is 0 Å². The topological polar surface area (TPSA) is 41.1 Å². The molecule has 1 saturated heterocycles. The molecule has 1 aromatic carbocycles. The molecule has 1 aromatic rings. The molecule has 1 atom stereocenters. The number of carbonyl (C=O) groups excluding carboxylic acids is 1. The van der Waals surface area contributed by atoms with Gasteiger partial charge in [0.2, 0.25) is 5.91 Å². The summed E-state index contributed by atoms with van der Waals surface area (Å²) in [5, 5.41) is 6.35. The van der Waals surface area contributed by atoms with Crippen molar-refractivity contribution in [2.24, 2.45) is 0 Å². The number of thioether (sulfide) groups is 1. The Morgan fingerprint density at radius 1 is 1.61 bits per heavy atom. The fourth-order valence-electron chi connectivity index (χ4n) is 1.90. The van der Waals surface area contributed by atoms with Crippen LogP contribution in [0.3, 0.4) is 0 Å². The first kappa shape index (κ1) is 13.9. The molecule has 1 aliphatic heterocycles. The van der Waals surface area contributed by atoms with Gasteiger partial charge in [-0.2, -0.15) is 11.8 Å². The smallest absolute Gasteiger partial charge is 0.225 e. The number of aryl methyl sites for hydroxylation is 1. The van der Waals surface area contributed by atoms with E-state index in [1.807, 2.05) is 36.9 Å². The maximum atomic E-state index is 12.0. The van der Waals surface area contributed by atoms with E-state index in [1.165, 1.54) is 0 Å². The number of hydrogen-bond acceptors (Lipinski definition) is 3. The van der Waals surface area contributed by atoms with Gasteiger partial charge in [-0.25, -0.2) is 0 Å². The second-order valence-corrected chi connectivity index (χ2v) is 6.50. The second-order valence-electron chi connectivity index (χ2n) is 4.44. The number of carbonyl (C=O) groups is 1. The highest BCUT2D eigenvalue weighted by Crippen LogP contribution is 2.21. The molecule has 0 bridgehead atoms. The average molecular weight is 329 g/mol. The van der Waals surface area contributed by atoms with Crippen LogP contribution in [0.2, 0.25) is 0 Å². The second kappa shape index (κ2) is 6.59. The summed E-state index contributed by atoms with van der Waals surface area (Å²) in [4.78, 5) is 12.0. The fourth-order valence-corrected chi connectivity index (χ4v) is 3.21. The predicted octanol–water partition coefficient (Wildman–Crippen LogP) is 2.79. The maximum Gasteiger partial charge on any atom is 0.225 e. The number of rotatable bonds is 3. The first-order chi connectivity index (χ1) is 8.65. The molecule has 0 radical (unpaired) electrons. The Balaban J connectivity index is 1.92. The van der Waals surface area contributed by atoms with Crippen molar-refractivity contribution in [1.82, 2.24) is 5.32 Å². The van der Waals surface area contributed by atoms with Crippen LogP contribution in [0.5, 0.6) is 0 Å². The minimum Gasteiger partial charge on any atom is -0.326 e. The summed E-state index contributed by atoms with van der Waals surface area (Å²) in [6.07, 6.45) is 0.541. The Hall–Kier alpha value is -0.520. The number of benzene rings is 1. The lowest BCUT2D eigenvalue weighted by molar-refractivity contribution is -0.116. The van der Waals surface area contributed by atoms with Gasteiger partial charge in [0.05, 0.1) is 0 Å². The summed E-state index contributed by atoms with van der Waals surface area (Å²) in [5.41, 5.74) is 1.97. The van der Waals surface area contributed by atoms with Gasteiger partial charge in [0.1, 0.15) is 0 Å². The van der Waals surface area contributed by atoms with Crippen LogP contribution in [0.15, 0.2) is 22.7 Å². The molecule has 1 aliphatic rings. The van der Waals surface area contributed by atoms with Crippen molar-refractivity contribution < 1.29 is 4.79 Å². The average Bonchev–Trinajstić information content (AvgIpc) is 2.35. The van der Waals surface area contributed by atoms with Crippen molar-refractivity contribution in [3.05, 3.63) is 28.2 Å². The van der Waals surface area contributed by atoms with Gasteiger partial charge in [-0.15, -0.1) is 0 Å². The van der Waals surface area contributed by atoms with E-state index >= 15 is 0 Å². The number of anilines is 1. The molecule has 1 heterocycles. The molecular weight excluding hydrogens is 312 g/mol. The van der Waals surface area contributed by atoms with E-state index < -0.39 is 0 Å². The van der Waals surface area contributed by atoms with Gasteiger partial charge in [-0.1, -0.05) is 22.0 Å². The highest BCUT2D eigenvalue weighted by Gasteiger charge is 2.17.